The van der Waals surface area contributed by atoms with E-state index >= 15 is 0 Å². The van der Waals surface area contributed by atoms with E-state index in [9.17, 15) is 0 Å². The molecule has 1 aromatic heterocycles. The normalized spacial score (nSPS) is 16.9. The van der Waals surface area contributed by atoms with Crippen LogP contribution in [0, 0.1) is 0 Å². The maximum absolute atomic E-state index is 5.64. The number of rotatable bonds is 4. The Balaban J connectivity index is 2.31. The topological polar surface area (TPSA) is 69.4 Å². The van der Waals surface area contributed by atoms with Gasteiger partial charge in [0.2, 0.25) is 0 Å². The number of hydrazine groups is 1. The minimum absolute atomic E-state index is 0.0896. The van der Waals surface area contributed by atoms with Crippen LogP contribution in [0.15, 0.2) is 30.3 Å². The highest BCUT2D eigenvalue weighted by atomic mass is 16.5. The molecule has 92 valence electrons. The van der Waals surface area contributed by atoms with Crippen LogP contribution >= 0.6 is 0 Å². The summed E-state index contributed by atoms with van der Waals surface area (Å²) in [5.74, 6) is 6.36. The lowest BCUT2D eigenvalue weighted by molar-refractivity contribution is 0.219. The van der Waals surface area contributed by atoms with E-state index in [2.05, 4.69) is 10.4 Å². The summed E-state index contributed by atoms with van der Waals surface area (Å²) >= 11 is 0. The van der Waals surface area contributed by atoms with E-state index in [4.69, 9.17) is 15.3 Å². The second-order valence-corrected chi connectivity index (χ2v) is 3.88. The van der Waals surface area contributed by atoms with Gasteiger partial charge in [-0.25, -0.2) is 5.43 Å². The number of aromatic nitrogens is 1. The van der Waals surface area contributed by atoms with E-state index in [1.807, 2.05) is 6.07 Å². The second-order valence-electron chi connectivity index (χ2n) is 3.88. The Bertz CT molecular complexity index is 406. The van der Waals surface area contributed by atoms with Crippen molar-refractivity contribution in [1.29, 1.82) is 0 Å². The van der Waals surface area contributed by atoms with Crippen molar-refractivity contribution in [1.82, 2.24) is 10.4 Å². The molecule has 1 atom stereocenters. The van der Waals surface area contributed by atoms with Crippen LogP contribution in [0.4, 0.5) is 0 Å². The first kappa shape index (κ1) is 11.9. The van der Waals surface area contributed by atoms with Crippen molar-refractivity contribution in [2.24, 2.45) is 5.84 Å². The molecule has 5 heteroatoms. The van der Waals surface area contributed by atoms with Crippen LogP contribution < -0.4 is 16.0 Å². The molecule has 0 saturated carbocycles. The lowest BCUT2D eigenvalue weighted by Gasteiger charge is -2.24. The van der Waals surface area contributed by atoms with Crippen LogP contribution in [-0.4, -0.2) is 18.7 Å². The van der Waals surface area contributed by atoms with Gasteiger partial charge in [0.1, 0.15) is 5.75 Å². The second kappa shape index (κ2) is 5.65. The van der Waals surface area contributed by atoms with Gasteiger partial charge in [-0.1, -0.05) is 0 Å². The van der Waals surface area contributed by atoms with Crippen LogP contribution in [0.25, 0.3) is 0 Å². The van der Waals surface area contributed by atoms with Crippen molar-refractivity contribution in [2.75, 3.05) is 13.7 Å². The summed E-state index contributed by atoms with van der Waals surface area (Å²) in [6.45, 7) is 0.772. The number of methoxy groups -OCH3 is 1. The number of nitrogens with one attached hydrogen (secondary N) is 1. The Morgan fingerprint density at radius 1 is 1.59 bits per heavy atom. The molecule has 1 aliphatic rings. The minimum atomic E-state index is -0.0896. The third-order valence-electron chi connectivity index (χ3n) is 2.85. The average molecular weight is 235 g/mol. The number of pyridine rings is 1. The smallest absolute Gasteiger partial charge is 0.142 e. The third kappa shape index (κ3) is 2.57. The molecular formula is C12H17N3O2. The van der Waals surface area contributed by atoms with E-state index in [1.54, 1.807) is 25.8 Å². The van der Waals surface area contributed by atoms with Gasteiger partial charge in [0.15, 0.2) is 0 Å². The number of hydrogen-bond donors (Lipinski definition) is 2. The first-order valence-corrected chi connectivity index (χ1v) is 5.61. The predicted octanol–water partition coefficient (Wildman–Crippen LogP) is 1.29. The number of ether oxygens (including phenoxy) is 2. The molecule has 1 unspecified atom stereocenters. The van der Waals surface area contributed by atoms with Gasteiger partial charge in [0.25, 0.3) is 0 Å². The molecule has 0 aromatic carbocycles. The summed E-state index contributed by atoms with van der Waals surface area (Å²) in [4.78, 5) is 4.03. The molecule has 0 saturated heterocycles. The van der Waals surface area contributed by atoms with Crippen LogP contribution in [-0.2, 0) is 4.74 Å². The molecule has 0 bridgehead atoms. The Morgan fingerprint density at radius 2 is 2.47 bits per heavy atom. The first-order chi connectivity index (χ1) is 8.36. The maximum atomic E-state index is 5.64. The summed E-state index contributed by atoms with van der Waals surface area (Å²) in [5, 5.41) is 0. The molecule has 2 rings (SSSR count). The van der Waals surface area contributed by atoms with Crippen molar-refractivity contribution in [3.05, 3.63) is 35.9 Å². The van der Waals surface area contributed by atoms with Gasteiger partial charge in [0.05, 0.1) is 32.2 Å². The van der Waals surface area contributed by atoms with Gasteiger partial charge in [-0.15, -0.1) is 0 Å². The van der Waals surface area contributed by atoms with Crippen molar-refractivity contribution < 1.29 is 9.47 Å². The Kier molecular flexibility index (Phi) is 3.95. The fourth-order valence-corrected chi connectivity index (χ4v) is 1.99. The largest absolute Gasteiger partial charge is 0.501 e. The molecule has 0 fully saturated rings. The predicted molar refractivity (Wildman–Crippen MR) is 64.1 cm³/mol. The van der Waals surface area contributed by atoms with E-state index < -0.39 is 0 Å². The highest BCUT2D eigenvalue weighted by Crippen LogP contribution is 2.31. The van der Waals surface area contributed by atoms with Gasteiger partial charge in [0, 0.05) is 11.8 Å². The highest BCUT2D eigenvalue weighted by Gasteiger charge is 2.21. The van der Waals surface area contributed by atoms with E-state index in [-0.39, 0.29) is 6.04 Å². The molecule has 0 amide bonds. The Hall–Kier alpha value is -1.59. The summed E-state index contributed by atoms with van der Waals surface area (Å²) in [6.07, 6.45) is 7.18. The van der Waals surface area contributed by atoms with E-state index in [0.29, 0.717) is 0 Å². The summed E-state index contributed by atoms with van der Waals surface area (Å²) in [7, 11) is 1.62. The van der Waals surface area contributed by atoms with Gasteiger partial charge in [-0.2, -0.15) is 0 Å². The molecule has 1 aliphatic heterocycles. The molecule has 0 aliphatic carbocycles. The zero-order valence-electron chi connectivity index (χ0n) is 9.85. The Labute approximate surface area is 101 Å². The molecular weight excluding hydrogens is 218 g/mol. The Morgan fingerprint density at radius 3 is 3.12 bits per heavy atom. The summed E-state index contributed by atoms with van der Waals surface area (Å²) in [6, 6.07) is 1.81. The number of nitrogens with two attached hydrogens (primary N) is 1. The van der Waals surface area contributed by atoms with Crippen LogP contribution in [0.3, 0.4) is 0 Å². The van der Waals surface area contributed by atoms with E-state index in [0.717, 1.165) is 36.3 Å². The van der Waals surface area contributed by atoms with Crippen LogP contribution in [0.2, 0.25) is 0 Å². The zero-order chi connectivity index (χ0) is 12.1. The fourth-order valence-electron chi connectivity index (χ4n) is 1.99. The highest BCUT2D eigenvalue weighted by molar-refractivity contribution is 5.37. The number of hydrogen-bond acceptors (Lipinski definition) is 5. The monoisotopic (exact) mass is 235 g/mol. The van der Waals surface area contributed by atoms with Gasteiger partial charge < -0.3 is 9.47 Å². The van der Waals surface area contributed by atoms with Crippen molar-refractivity contribution >= 4 is 0 Å². The molecule has 0 radical (unpaired) electrons. The first-order valence-electron chi connectivity index (χ1n) is 5.61. The van der Waals surface area contributed by atoms with Gasteiger partial charge >= 0.3 is 0 Å². The molecule has 17 heavy (non-hydrogen) atoms. The van der Waals surface area contributed by atoms with Gasteiger partial charge in [-0.05, 0) is 24.5 Å². The SMILES string of the molecule is COc1cnccc1C(NN)C1=COCCC1. The molecule has 1 aromatic rings. The molecule has 0 spiro atoms. The minimum Gasteiger partial charge on any atom is -0.501 e. The quantitative estimate of drug-likeness (QED) is 0.608. The molecule has 5 nitrogen and oxygen atoms in total. The van der Waals surface area contributed by atoms with Crippen LogP contribution in [0.5, 0.6) is 5.75 Å². The van der Waals surface area contributed by atoms with Crippen LogP contribution in [0.1, 0.15) is 24.4 Å². The van der Waals surface area contributed by atoms with Gasteiger partial charge in [-0.3, -0.25) is 10.8 Å². The average Bonchev–Trinajstić information content (AvgIpc) is 2.41. The summed E-state index contributed by atoms with van der Waals surface area (Å²) < 4.78 is 10.6. The van der Waals surface area contributed by atoms with E-state index in [1.165, 1.54) is 0 Å². The van der Waals surface area contributed by atoms with Crippen molar-refractivity contribution in [2.45, 2.75) is 18.9 Å². The lowest BCUT2D eigenvalue weighted by Crippen LogP contribution is -2.30. The number of nitrogens with zero attached hydrogens (tertiary/aromatic N) is 1. The zero-order valence-corrected chi connectivity index (χ0v) is 9.85. The lowest BCUT2D eigenvalue weighted by atomic mass is 9.96. The maximum Gasteiger partial charge on any atom is 0.142 e. The third-order valence-corrected chi connectivity index (χ3v) is 2.85. The standard InChI is InChI=1S/C12H17N3O2/c1-16-11-7-14-5-4-10(11)12(15-13)9-3-2-6-17-8-9/h4-5,7-8,12,15H,2-3,6,13H2,1H3. The van der Waals surface area contributed by atoms with Crippen molar-refractivity contribution in [3.8, 4) is 5.75 Å². The summed E-state index contributed by atoms with van der Waals surface area (Å²) in [5.41, 5.74) is 4.91. The molecule has 2 heterocycles. The molecule has 3 N–H and O–H groups in total. The van der Waals surface area contributed by atoms with Crippen molar-refractivity contribution in [3.63, 3.8) is 0 Å². The fraction of sp³-hybridized carbons (Fsp3) is 0.417.